The summed E-state index contributed by atoms with van der Waals surface area (Å²) in [5.74, 6) is 2.35. The SMILES string of the molecule is O=C(CCN1C(=O)CSc2ccccc21)N1CC[C@@H]2CCCC[C@H]2C1. The van der Waals surface area contributed by atoms with Gasteiger partial charge in [-0.1, -0.05) is 31.4 Å². The molecule has 134 valence electrons. The molecule has 3 aliphatic rings. The third kappa shape index (κ3) is 3.57. The molecule has 0 aromatic heterocycles. The van der Waals surface area contributed by atoms with Gasteiger partial charge in [0.15, 0.2) is 0 Å². The van der Waals surface area contributed by atoms with Crippen LogP contribution in [-0.4, -0.2) is 42.1 Å². The van der Waals surface area contributed by atoms with Crippen LogP contribution >= 0.6 is 11.8 Å². The van der Waals surface area contributed by atoms with E-state index in [1.807, 2.05) is 18.2 Å². The zero-order valence-electron chi connectivity index (χ0n) is 14.7. The summed E-state index contributed by atoms with van der Waals surface area (Å²) in [6, 6.07) is 7.99. The summed E-state index contributed by atoms with van der Waals surface area (Å²) in [7, 11) is 0. The zero-order valence-corrected chi connectivity index (χ0v) is 15.5. The van der Waals surface area contributed by atoms with E-state index in [-0.39, 0.29) is 11.8 Å². The van der Waals surface area contributed by atoms with Crippen molar-refractivity contribution in [3.05, 3.63) is 24.3 Å². The van der Waals surface area contributed by atoms with Gasteiger partial charge in [-0.3, -0.25) is 9.59 Å². The maximum absolute atomic E-state index is 12.7. The number of amides is 2. The fourth-order valence-corrected chi connectivity index (χ4v) is 5.53. The topological polar surface area (TPSA) is 40.6 Å². The van der Waals surface area contributed by atoms with Crippen LogP contribution in [-0.2, 0) is 9.59 Å². The molecule has 4 nitrogen and oxygen atoms in total. The van der Waals surface area contributed by atoms with Crippen LogP contribution in [0.1, 0.15) is 38.5 Å². The normalized spacial score (nSPS) is 26.2. The first-order valence-corrected chi connectivity index (χ1v) is 10.5. The van der Waals surface area contributed by atoms with E-state index < -0.39 is 0 Å². The molecule has 2 amide bonds. The number of piperidine rings is 1. The smallest absolute Gasteiger partial charge is 0.237 e. The first-order valence-electron chi connectivity index (χ1n) is 9.52. The van der Waals surface area contributed by atoms with E-state index in [4.69, 9.17) is 0 Å². The first kappa shape index (κ1) is 17.0. The quantitative estimate of drug-likeness (QED) is 0.830. The Balaban J connectivity index is 1.37. The molecule has 1 aromatic carbocycles. The highest BCUT2D eigenvalue weighted by Gasteiger charge is 2.33. The van der Waals surface area contributed by atoms with E-state index in [2.05, 4.69) is 11.0 Å². The summed E-state index contributed by atoms with van der Waals surface area (Å²) in [5, 5.41) is 0. The van der Waals surface area contributed by atoms with Crippen molar-refractivity contribution in [2.45, 2.75) is 43.4 Å². The molecular formula is C20H26N2O2S. The predicted molar refractivity (Wildman–Crippen MR) is 101 cm³/mol. The Labute approximate surface area is 153 Å². The van der Waals surface area contributed by atoms with Crippen LogP contribution in [0.3, 0.4) is 0 Å². The van der Waals surface area contributed by atoms with E-state index in [0.717, 1.165) is 29.6 Å². The number of carbonyl (C=O) groups excluding carboxylic acids is 2. The molecule has 5 heteroatoms. The highest BCUT2D eigenvalue weighted by atomic mass is 32.2. The molecular weight excluding hydrogens is 332 g/mol. The minimum atomic E-state index is 0.113. The molecule has 2 aliphatic heterocycles. The monoisotopic (exact) mass is 358 g/mol. The molecule has 2 heterocycles. The Morgan fingerprint density at radius 3 is 2.80 bits per heavy atom. The van der Waals surface area contributed by atoms with E-state index in [1.165, 1.54) is 32.1 Å². The number of nitrogens with zero attached hydrogens (tertiary/aromatic N) is 2. The fourth-order valence-electron chi connectivity index (χ4n) is 4.59. The van der Waals surface area contributed by atoms with Gasteiger partial charge in [-0.25, -0.2) is 0 Å². The average Bonchev–Trinajstić information content (AvgIpc) is 2.66. The van der Waals surface area contributed by atoms with Crippen LogP contribution < -0.4 is 4.90 Å². The van der Waals surface area contributed by atoms with Crippen LogP contribution in [0.4, 0.5) is 5.69 Å². The Kier molecular flexibility index (Phi) is 5.02. The number of thioether (sulfide) groups is 1. The molecule has 4 rings (SSSR count). The van der Waals surface area contributed by atoms with Crippen molar-refractivity contribution in [1.29, 1.82) is 0 Å². The van der Waals surface area contributed by atoms with Crippen LogP contribution in [0.15, 0.2) is 29.2 Å². The molecule has 0 spiro atoms. The second-order valence-electron chi connectivity index (χ2n) is 7.48. The van der Waals surface area contributed by atoms with Gasteiger partial charge in [0.2, 0.25) is 11.8 Å². The lowest BCUT2D eigenvalue weighted by Crippen LogP contribution is -2.46. The van der Waals surface area contributed by atoms with Crippen molar-refractivity contribution < 1.29 is 9.59 Å². The average molecular weight is 359 g/mol. The number of hydrogen-bond acceptors (Lipinski definition) is 3. The van der Waals surface area contributed by atoms with E-state index in [9.17, 15) is 9.59 Å². The van der Waals surface area contributed by atoms with Gasteiger partial charge in [-0.05, 0) is 36.8 Å². The second kappa shape index (κ2) is 7.40. The minimum Gasteiger partial charge on any atom is -0.342 e. The highest BCUT2D eigenvalue weighted by molar-refractivity contribution is 8.00. The summed E-state index contributed by atoms with van der Waals surface area (Å²) < 4.78 is 0. The number of carbonyl (C=O) groups is 2. The number of hydrogen-bond donors (Lipinski definition) is 0. The van der Waals surface area contributed by atoms with Crippen LogP contribution in [0.5, 0.6) is 0 Å². The molecule has 0 unspecified atom stereocenters. The molecule has 0 radical (unpaired) electrons. The van der Waals surface area contributed by atoms with Crippen molar-refractivity contribution >= 4 is 29.3 Å². The molecule has 1 saturated carbocycles. The van der Waals surface area contributed by atoms with Crippen LogP contribution in [0.25, 0.3) is 0 Å². The summed E-state index contributed by atoms with van der Waals surface area (Å²) >= 11 is 1.59. The van der Waals surface area contributed by atoms with Crippen molar-refractivity contribution in [3.63, 3.8) is 0 Å². The maximum Gasteiger partial charge on any atom is 0.237 e. The molecule has 2 fully saturated rings. The largest absolute Gasteiger partial charge is 0.342 e. The van der Waals surface area contributed by atoms with Gasteiger partial charge in [0, 0.05) is 31.0 Å². The van der Waals surface area contributed by atoms with Crippen molar-refractivity contribution in [1.82, 2.24) is 4.90 Å². The van der Waals surface area contributed by atoms with E-state index >= 15 is 0 Å². The number of rotatable bonds is 3. The molecule has 1 aliphatic carbocycles. The minimum absolute atomic E-state index is 0.113. The predicted octanol–water partition coefficient (Wildman–Crippen LogP) is 3.55. The number of benzene rings is 1. The second-order valence-corrected chi connectivity index (χ2v) is 8.50. The lowest BCUT2D eigenvalue weighted by Gasteiger charge is -2.41. The number of anilines is 1. The fraction of sp³-hybridized carbons (Fsp3) is 0.600. The molecule has 25 heavy (non-hydrogen) atoms. The van der Waals surface area contributed by atoms with Gasteiger partial charge in [0.1, 0.15) is 0 Å². The Hall–Kier alpha value is -1.49. The lowest BCUT2D eigenvalue weighted by molar-refractivity contribution is -0.134. The lowest BCUT2D eigenvalue weighted by atomic mass is 9.75. The Morgan fingerprint density at radius 2 is 1.92 bits per heavy atom. The van der Waals surface area contributed by atoms with Crippen molar-refractivity contribution in [2.24, 2.45) is 11.8 Å². The standard InChI is InChI=1S/C20H26N2O2S/c23-19(21-11-9-15-5-1-2-6-16(15)13-21)10-12-22-17-7-3-4-8-18(17)25-14-20(22)24/h3-4,7-8,15-16H,1-2,5-6,9-14H2/t15-,16-/m0/s1. The Bertz CT molecular complexity index is 663. The van der Waals surface area contributed by atoms with Gasteiger partial charge in [-0.15, -0.1) is 11.8 Å². The molecule has 1 saturated heterocycles. The molecule has 1 aromatic rings. The van der Waals surface area contributed by atoms with Gasteiger partial charge < -0.3 is 9.80 Å². The summed E-state index contributed by atoms with van der Waals surface area (Å²) in [6.07, 6.45) is 6.91. The van der Waals surface area contributed by atoms with Gasteiger partial charge in [-0.2, -0.15) is 0 Å². The van der Waals surface area contributed by atoms with Crippen LogP contribution in [0, 0.1) is 11.8 Å². The summed E-state index contributed by atoms with van der Waals surface area (Å²) in [5.41, 5.74) is 0.961. The van der Waals surface area contributed by atoms with Crippen LogP contribution in [0.2, 0.25) is 0 Å². The summed E-state index contributed by atoms with van der Waals surface area (Å²) in [4.78, 5) is 30.0. The third-order valence-corrected chi connectivity index (χ3v) is 7.05. The van der Waals surface area contributed by atoms with E-state index in [1.54, 1.807) is 16.7 Å². The van der Waals surface area contributed by atoms with Gasteiger partial charge in [0.25, 0.3) is 0 Å². The van der Waals surface area contributed by atoms with Crippen molar-refractivity contribution in [2.75, 3.05) is 30.3 Å². The van der Waals surface area contributed by atoms with E-state index in [0.29, 0.717) is 24.6 Å². The number of para-hydroxylation sites is 1. The number of likely N-dealkylation sites (tertiary alicyclic amines) is 1. The zero-order chi connectivity index (χ0) is 17.2. The van der Waals surface area contributed by atoms with Gasteiger partial charge >= 0.3 is 0 Å². The first-order chi connectivity index (χ1) is 12.2. The summed E-state index contributed by atoms with van der Waals surface area (Å²) in [6.45, 7) is 2.34. The molecule has 0 N–H and O–H groups in total. The molecule has 0 bridgehead atoms. The molecule has 2 atom stereocenters. The maximum atomic E-state index is 12.7. The van der Waals surface area contributed by atoms with Crippen molar-refractivity contribution in [3.8, 4) is 0 Å². The number of fused-ring (bicyclic) bond motifs is 2. The Morgan fingerprint density at radius 1 is 1.12 bits per heavy atom. The third-order valence-electron chi connectivity index (χ3n) is 6.00. The van der Waals surface area contributed by atoms with Gasteiger partial charge in [0.05, 0.1) is 11.4 Å². The highest BCUT2D eigenvalue weighted by Crippen LogP contribution is 2.37.